The van der Waals surface area contributed by atoms with Gasteiger partial charge in [-0.2, -0.15) is 5.10 Å². The fourth-order valence-corrected chi connectivity index (χ4v) is 1.44. The van der Waals surface area contributed by atoms with Crippen molar-refractivity contribution in [3.63, 3.8) is 0 Å². The minimum atomic E-state index is 0.0525. The third kappa shape index (κ3) is 3.35. The Bertz CT molecular complexity index is 364. The van der Waals surface area contributed by atoms with Gasteiger partial charge in [0.25, 0.3) is 0 Å². The molecule has 0 aliphatic heterocycles. The molecule has 0 unspecified atom stereocenters. The first-order valence-corrected chi connectivity index (χ1v) is 5.36. The standard InChI is InChI=1S/C12H18N2O/c1-4-5-6-7-8-12(15)11-9-14(3)13-10(11)2/h7-9H,4-6H2,1-3H3/b8-7+. The summed E-state index contributed by atoms with van der Waals surface area (Å²) in [4.78, 5) is 11.7. The fourth-order valence-electron chi connectivity index (χ4n) is 1.44. The van der Waals surface area contributed by atoms with Crippen LogP contribution in [0.3, 0.4) is 0 Å². The van der Waals surface area contributed by atoms with Crippen LogP contribution in [0.5, 0.6) is 0 Å². The smallest absolute Gasteiger partial charge is 0.188 e. The fraction of sp³-hybridized carbons (Fsp3) is 0.500. The van der Waals surface area contributed by atoms with Crippen LogP contribution in [0, 0.1) is 6.92 Å². The molecular weight excluding hydrogens is 188 g/mol. The molecule has 1 aromatic heterocycles. The van der Waals surface area contributed by atoms with Gasteiger partial charge in [0.2, 0.25) is 0 Å². The zero-order chi connectivity index (χ0) is 11.3. The zero-order valence-corrected chi connectivity index (χ0v) is 9.66. The van der Waals surface area contributed by atoms with Crippen LogP contribution in [0.1, 0.15) is 42.2 Å². The molecule has 1 aromatic rings. The summed E-state index contributed by atoms with van der Waals surface area (Å²) in [7, 11) is 1.82. The van der Waals surface area contributed by atoms with Crippen molar-refractivity contribution >= 4 is 5.78 Å². The number of hydrogen-bond acceptors (Lipinski definition) is 2. The first-order chi connectivity index (χ1) is 7.15. The Labute approximate surface area is 90.8 Å². The van der Waals surface area contributed by atoms with Crippen LogP contribution >= 0.6 is 0 Å². The number of rotatable bonds is 5. The second-order valence-corrected chi connectivity index (χ2v) is 3.71. The lowest BCUT2D eigenvalue weighted by Gasteiger charge is -1.91. The SMILES string of the molecule is CCCC/C=C/C(=O)c1cn(C)nc1C. The lowest BCUT2D eigenvalue weighted by molar-refractivity contribution is 0.104. The van der Waals surface area contributed by atoms with Crippen molar-refractivity contribution in [2.75, 3.05) is 0 Å². The van der Waals surface area contributed by atoms with Crippen LogP contribution in [-0.2, 0) is 7.05 Å². The monoisotopic (exact) mass is 206 g/mol. The van der Waals surface area contributed by atoms with Crippen LogP contribution < -0.4 is 0 Å². The number of unbranched alkanes of at least 4 members (excludes halogenated alkanes) is 2. The number of hydrogen-bond donors (Lipinski definition) is 0. The highest BCUT2D eigenvalue weighted by Crippen LogP contribution is 2.07. The number of allylic oxidation sites excluding steroid dienone is 2. The molecule has 0 aliphatic carbocycles. The first-order valence-electron chi connectivity index (χ1n) is 5.36. The summed E-state index contributed by atoms with van der Waals surface area (Å²) in [6, 6.07) is 0. The molecular formula is C12H18N2O. The molecule has 0 fully saturated rings. The van der Waals surface area contributed by atoms with E-state index in [4.69, 9.17) is 0 Å². The Kier molecular flexibility index (Phi) is 4.28. The van der Waals surface area contributed by atoms with Gasteiger partial charge >= 0.3 is 0 Å². The Morgan fingerprint density at radius 1 is 1.60 bits per heavy atom. The van der Waals surface area contributed by atoms with Gasteiger partial charge < -0.3 is 0 Å². The molecule has 1 rings (SSSR count). The molecule has 0 spiro atoms. The Hall–Kier alpha value is -1.38. The second-order valence-electron chi connectivity index (χ2n) is 3.71. The summed E-state index contributed by atoms with van der Waals surface area (Å²) in [5.74, 6) is 0.0525. The molecule has 3 heteroatoms. The molecule has 0 aromatic carbocycles. The van der Waals surface area contributed by atoms with Gasteiger partial charge in [-0.15, -0.1) is 0 Å². The summed E-state index contributed by atoms with van der Waals surface area (Å²) in [5, 5.41) is 4.14. The van der Waals surface area contributed by atoms with E-state index in [1.165, 1.54) is 0 Å². The van der Waals surface area contributed by atoms with E-state index in [-0.39, 0.29) is 5.78 Å². The van der Waals surface area contributed by atoms with E-state index in [1.54, 1.807) is 17.0 Å². The van der Waals surface area contributed by atoms with Crippen LogP contribution in [-0.4, -0.2) is 15.6 Å². The lowest BCUT2D eigenvalue weighted by atomic mass is 10.1. The highest BCUT2D eigenvalue weighted by molar-refractivity contribution is 6.05. The maximum absolute atomic E-state index is 11.7. The highest BCUT2D eigenvalue weighted by atomic mass is 16.1. The molecule has 3 nitrogen and oxygen atoms in total. The van der Waals surface area contributed by atoms with Gasteiger partial charge in [0.1, 0.15) is 0 Å². The molecule has 0 saturated heterocycles. The summed E-state index contributed by atoms with van der Waals surface area (Å²) in [6.07, 6.45) is 8.63. The lowest BCUT2D eigenvalue weighted by Crippen LogP contribution is -1.94. The second kappa shape index (κ2) is 5.49. The van der Waals surface area contributed by atoms with Crippen molar-refractivity contribution in [1.29, 1.82) is 0 Å². The van der Waals surface area contributed by atoms with E-state index in [2.05, 4.69) is 12.0 Å². The van der Waals surface area contributed by atoms with Crippen LogP contribution in [0.15, 0.2) is 18.3 Å². The normalized spacial score (nSPS) is 11.1. The summed E-state index contributed by atoms with van der Waals surface area (Å²) >= 11 is 0. The molecule has 82 valence electrons. The van der Waals surface area contributed by atoms with Gasteiger partial charge in [0, 0.05) is 13.2 Å². The minimum absolute atomic E-state index is 0.0525. The summed E-state index contributed by atoms with van der Waals surface area (Å²) in [5.41, 5.74) is 1.49. The Balaban J connectivity index is 2.61. The van der Waals surface area contributed by atoms with Crippen molar-refractivity contribution < 1.29 is 4.79 Å². The van der Waals surface area contributed by atoms with Crippen molar-refractivity contribution in [1.82, 2.24) is 9.78 Å². The van der Waals surface area contributed by atoms with Gasteiger partial charge in [-0.1, -0.05) is 25.8 Å². The molecule has 0 radical (unpaired) electrons. The Morgan fingerprint density at radius 2 is 2.33 bits per heavy atom. The highest BCUT2D eigenvalue weighted by Gasteiger charge is 2.08. The average Bonchev–Trinajstić information content (AvgIpc) is 2.52. The van der Waals surface area contributed by atoms with Gasteiger partial charge in [0.15, 0.2) is 5.78 Å². The molecule has 0 N–H and O–H groups in total. The number of nitrogens with zero attached hydrogens (tertiary/aromatic N) is 2. The van der Waals surface area contributed by atoms with E-state index < -0.39 is 0 Å². The predicted octanol–water partition coefficient (Wildman–Crippen LogP) is 2.66. The van der Waals surface area contributed by atoms with Crippen LogP contribution in [0.25, 0.3) is 0 Å². The topological polar surface area (TPSA) is 34.9 Å². The number of ketones is 1. The molecule has 0 amide bonds. The van der Waals surface area contributed by atoms with Gasteiger partial charge in [0.05, 0.1) is 11.3 Å². The summed E-state index contributed by atoms with van der Waals surface area (Å²) < 4.78 is 1.67. The number of carbonyl (C=O) groups is 1. The molecule has 0 aliphatic rings. The molecule has 0 saturated carbocycles. The van der Waals surface area contributed by atoms with E-state index in [0.29, 0.717) is 5.56 Å². The van der Waals surface area contributed by atoms with Crippen LogP contribution in [0.4, 0.5) is 0 Å². The molecule has 0 bridgehead atoms. The van der Waals surface area contributed by atoms with Crippen molar-refractivity contribution in [2.24, 2.45) is 7.05 Å². The zero-order valence-electron chi connectivity index (χ0n) is 9.66. The maximum atomic E-state index is 11.7. The number of aryl methyl sites for hydroxylation is 2. The van der Waals surface area contributed by atoms with Gasteiger partial charge in [-0.25, -0.2) is 0 Å². The predicted molar refractivity (Wildman–Crippen MR) is 60.9 cm³/mol. The molecule has 1 heterocycles. The van der Waals surface area contributed by atoms with Crippen molar-refractivity contribution in [3.8, 4) is 0 Å². The van der Waals surface area contributed by atoms with E-state index >= 15 is 0 Å². The van der Waals surface area contributed by atoms with E-state index in [9.17, 15) is 4.79 Å². The largest absolute Gasteiger partial charge is 0.289 e. The molecule has 0 atom stereocenters. The van der Waals surface area contributed by atoms with E-state index in [0.717, 1.165) is 25.0 Å². The van der Waals surface area contributed by atoms with Crippen molar-refractivity contribution in [2.45, 2.75) is 33.1 Å². The third-order valence-corrected chi connectivity index (χ3v) is 2.27. The first kappa shape index (κ1) is 11.7. The third-order valence-electron chi connectivity index (χ3n) is 2.27. The van der Waals surface area contributed by atoms with Gasteiger partial charge in [-0.05, 0) is 19.4 Å². The minimum Gasteiger partial charge on any atom is -0.289 e. The quantitative estimate of drug-likeness (QED) is 0.422. The molecule has 15 heavy (non-hydrogen) atoms. The van der Waals surface area contributed by atoms with Crippen molar-refractivity contribution in [3.05, 3.63) is 29.6 Å². The number of aromatic nitrogens is 2. The number of carbonyl (C=O) groups excluding carboxylic acids is 1. The summed E-state index contributed by atoms with van der Waals surface area (Å²) in [6.45, 7) is 3.99. The Morgan fingerprint density at radius 3 is 2.87 bits per heavy atom. The van der Waals surface area contributed by atoms with Crippen LogP contribution in [0.2, 0.25) is 0 Å². The van der Waals surface area contributed by atoms with E-state index in [1.807, 2.05) is 20.0 Å². The average molecular weight is 206 g/mol. The maximum Gasteiger partial charge on any atom is 0.188 e. The van der Waals surface area contributed by atoms with Gasteiger partial charge in [-0.3, -0.25) is 9.48 Å².